The molecule has 2 aromatic heterocycles. The number of nitrogens with zero attached hydrogens (tertiary/aromatic N) is 4. The molecule has 0 aliphatic carbocycles. The Morgan fingerprint density at radius 3 is 2.67 bits per heavy atom. The van der Waals surface area contributed by atoms with E-state index in [1.807, 2.05) is 42.5 Å². The molecule has 9 heteroatoms. The third kappa shape index (κ3) is 5.73. The van der Waals surface area contributed by atoms with E-state index < -0.39 is 8.07 Å². The summed E-state index contributed by atoms with van der Waals surface area (Å²) in [6.45, 7) is 7.70. The van der Waals surface area contributed by atoms with Gasteiger partial charge in [0, 0.05) is 14.6 Å². The van der Waals surface area contributed by atoms with E-state index in [2.05, 4.69) is 45.7 Å². The molecule has 27 heavy (non-hydrogen) atoms. The van der Waals surface area contributed by atoms with Crippen molar-refractivity contribution in [3.63, 3.8) is 0 Å². The average Bonchev–Trinajstić information content (AvgIpc) is 3.28. The summed E-state index contributed by atoms with van der Waals surface area (Å²) in [6.07, 6.45) is 1.02. The van der Waals surface area contributed by atoms with Crippen LogP contribution >= 0.6 is 11.3 Å². The van der Waals surface area contributed by atoms with E-state index in [4.69, 9.17) is 0 Å². The van der Waals surface area contributed by atoms with Gasteiger partial charge in [0.25, 0.3) is 0 Å². The lowest BCUT2D eigenvalue weighted by Gasteiger charge is -2.15. The van der Waals surface area contributed by atoms with Crippen LogP contribution in [0.25, 0.3) is 16.4 Å². The summed E-state index contributed by atoms with van der Waals surface area (Å²) in [5.74, 6) is 0.535. The largest absolute Gasteiger partial charge is 0.338 e. The van der Waals surface area contributed by atoms with Crippen LogP contribution in [0.3, 0.4) is 0 Å². The van der Waals surface area contributed by atoms with Crippen molar-refractivity contribution in [3.05, 3.63) is 42.5 Å². The van der Waals surface area contributed by atoms with Crippen LogP contribution in [0.4, 0.5) is 9.80 Å². The molecule has 142 valence electrons. The van der Waals surface area contributed by atoms with Gasteiger partial charge in [0.15, 0.2) is 0 Å². The molecular formula is C18H24N6OSSi. The van der Waals surface area contributed by atoms with E-state index in [9.17, 15) is 4.79 Å². The number of carbonyl (C=O) groups excluding carboxylic acids is 1. The summed E-state index contributed by atoms with van der Waals surface area (Å²) in [6, 6.07) is 14.4. The Hall–Kier alpha value is -2.52. The Bertz CT molecular complexity index is 887. The number of tetrazole rings is 1. The highest BCUT2D eigenvalue weighted by molar-refractivity contribution is 7.19. The number of benzene rings is 1. The molecule has 0 aliphatic heterocycles. The molecule has 0 bridgehead atoms. The SMILES string of the molecule is C[Si](C)(C)CCCNC(=O)Nc1ccc(-c2nnn(-c3ccccc3)n2)s1. The highest BCUT2D eigenvalue weighted by Gasteiger charge is 2.13. The zero-order valence-corrected chi connectivity index (χ0v) is 17.6. The van der Waals surface area contributed by atoms with Gasteiger partial charge in [-0.05, 0) is 35.9 Å². The molecule has 0 saturated carbocycles. The number of para-hydroxylation sites is 1. The predicted octanol–water partition coefficient (Wildman–Crippen LogP) is 4.24. The summed E-state index contributed by atoms with van der Waals surface area (Å²) in [4.78, 5) is 14.4. The van der Waals surface area contributed by atoms with Crippen molar-refractivity contribution >= 4 is 30.4 Å². The summed E-state index contributed by atoms with van der Waals surface area (Å²) < 4.78 is 0. The highest BCUT2D eigenvalue weighted by atomic mass is 32.1. The van der Waals surface area contributed by atoms with E-state index in [-0.39, 0.29) is 6.03 Å². The Morgan fingerprint density at radius 2 is 1.93 bits per heavy atom. The van der Waals surface area contributed by atoms with Crippen molar-refractivity contribution in [2.24, 2.45) is 0 Å². The molecule has 0 spiro atoms. The zero-order valence-electron chi connectivity index (χ0n) is 15.8. The van der Waals surface area contributed by atoms with Crippen LogP contribution in [0.1, 0.15) is 6.42 Å². The van der Waals surface area contributed by atoms with Crippen LogP contribution in [-0.4, -0.2) is 40.9 Å². The van der Waals surface area contributed by atoms with Gasteiger partial charge in [-0.3, -0.25) is 5.32 Å². The smallest absolute Gasteiger partial charge is 0.319 e. The van der Waals surface area contributed by atoms with Crippen molar-refractivity contribution < 1.29 is 4.79 Å². The van der Waals surface area contributed by atoms with Gasteiger partial charge >= 0.3 is 6.03 Å². The van der Waals surface area contributed by atoms with Gasteiger partial charge in [0.1, 0.15) is 0 Å². The van der Waals surface area contributed by atoms with Crippen LogP contribution in [-0.2, 0) is 0 Å². The molecular weight excluding hydrogens is 376 g/mol. The average molecular weight is 401 g/mol. The van der Waals surface area contributed by atoms with Gasteiger partial charge in [0.05, 0.1) is 15.6 Å². The molecule has 3 rings (SSSR count). The monoisotopic (exact) mass is 400 g/mol. The number of carbonyl (C=O) groups is 1. The van der Waals surface area contributed by atoms with Gasteiger partial charge in [-0.2, -0.15) is 0 Å². The first-order valence-corrected chi connectivity index (χ1v) is 13.4. The third-order valence-corrected chi connectivity index (χ3v) is 6.70. The minimum absolute atomic E-state index is 0.181. The van der Waals surface area contributed by atoms with Crippen LogP contribution < -0.4 is 10.6 Å². The molecule has 0 unspecified atom stereocenters. The first-order chi connectivity index (χ1) is 12.9. The zero-order chi connectivity index (χ0) is 19.3. The topological polar surface area (TPSA) is 84.7 Å². The standard InChI is InChI=1S/C18H24N6OSSi/c1-27(2,3)13-7-12-19-18(25)20-16-11-10-15(26-16)17-21-23-24(22-17)14-8-5-4-6-9-14/h4-6,8-11H,7,12-13H2,1-3H3,(H2,19,20,25). The molecule has 3 aromatic rings. The number of hydrogen-bond acceptors (Lipinski definition) is 5. The Kier molecular flexibility index (Phi) is 6.02. The van der Waals surface area contributed by atoms with Gasteiger partial charge < -0.3 is 5.32 Å². The Morgan fingerprint density at radius 1 is 1.15 bits per heavy atom. The van der Waals surface area contributed by atoms with Crippen molar-refractivity contribution in [2.75, 3.05) is 11.9 Å². The first kappa shape index (κ1) is 19.2. The lowest BCUT2D eigenvalue weighted by atomic mass is 10.3. The van der Waals surface area contributed by atoms with Gasteiger partial charge in [-0.15, -0.1) is 26.3 Å². The maximum atomic E-state index is 12.0. The normalized spacial score (nSPS) is 11.4. The Balaban J connectivity index is 1.54. The fourth-order valence-electron chi connectivity index (χ4n) is 2.49. The molecule has 0 radical (unpaired) electrons. The predicted molar refractivity (Wildman–Crippen MR) is 112 cm³/mol. The number of hydrogen-bond donors (Lipinski definition) is 2. The van der Waals surface area contributed by atoms with E-state index in [1.165, 1.54) is 22.2 Å². The van der Waals surface area contributed by atoms with Crippen molar-refractivity contribution in [1.82, 2.24) is 25.5 Å². The number of amides is 2. The molecule has 1 aromatic carbocycles. The molecule has 2 N–H and O–H groups in total. The van der Waals surface area contributed by atoms with Crippen LogP contribution in [0, 0.1) is 0 Å². The second-order valence-corrected chi connectivity index (χ2v) is 14.2. The first-order valence-electron chi connectivity index (χ1n) is 8.91. The van der Waals surface area contributed by atoms with Crippen molar-refractivity contribution in [3.8, 4) is 16.4 Å². The third-order valence-electron chi connectivity index (χ3n) is 3.85. The minimum Gasteiger partial charge on any atom is -0.338 e. The molecule has 2 amide bonds. The molecule has 2 heterocycles. The van der Waals surface area contributed by atoms with Gasteiger partial charge in [0.2, 0.25) is 5.82 Å². The summed E-state index contributed by atoms with van der Waals surface area (Å²) >= 11 is 1.42. The van der Waals surface area contributed by atoms with E-state index in [0.29, 0.717) is 12.4 Å². The van der Waals surface area contributed by atoms with Crippen LogP contribution in [0.2, 0.25) is 25.7 Å². The van der Waals surface area contributed by atoms with Gasteiger partial charge in [-0.25, -0.2) is 4.79 Å². The van der Waals surface area contributed by atoms with Crippen molar-refractivity contribution in [2.45, 2.75) is 32.1 Å². The second-order valence-electron chi connectivity index (χ2n) is 7.45. The number of thiophene rings is 1. The summed E-state index contributed by atoms with van der Waals surface area (Å²) in [5, 5.41) is 19.1. The lowest BCUT2D eigenvalue weighted by Crippen LogP contribution is -2.30. The molecule has 7 nitrogen and oxygen atoms in total. The Labute approximate surface area is 163 Å². The fourth-order valence-corrected chi connectivity index (χ4v) is 4.55. The molecule has 0 aliphatic rings. The fraction of sp³-hybridized carbons (Fsp3) is 0.333. The van der Waals surface area contributed by atoms with Crippen molar-refractivity contribution in [1.29, 1.82) is 0 Å². The number of rotatable bonds is 7. The van der Waals surface area contributed by atoms with E-state index in [0.717, 1.165) is 22.0 Å². The maximum Gasteiger partial charge on any atom is 0.319 e. The minimum atomic E-state index is -1.05. The maximum absolute atomic E-state index is 12.0. The number of aromatic nitrogens is 4. The molecule has 0 atom stereocenters. The summed E-state index contributed by atoms with van der Waals surface area (Å²) in [5.41, 5.74) is 0.851. The van der Waals surface area contributed by atoms with E-state index in [1.54, 1.807) is 0 Å². The van der Waals surface area contributed by atoms with Crippen LogP contribution in [0.15, 0.2) is 42.5 Å². The number of anilines is 1. The quantitative estimate of drug-likeness (QED) is 0.459. The van der Waals surface area contributed by atoms with E-state index >= 15 is 0 Å². The lowest BCUT2D eigenvalue weighted by molar-refractivity contribution is 0.252. The van der Waals surface area contributed by atoms with Crippen LogP contribution in [0.5, 0.6) is 0 Å². The number of urea groups is 1. The number of nitrogens with one attached hydrogen (secondary N) is 2. The highest BCUT2D eigenvalue weighted by Crippen LogP contribution is 2.28. The molecule has 0 saturated heterocycles. The second kappa shape index (κ2) is 8.44. The molecule has 0 fully saturated rings. The van der Waals surface area contributed by atoms with Gasteiger partial charge in [-0.1, -0.05) is 43.9 Å². The summed E-state index contributed by atoms with van der Waals surface area (Å²) in [7, 11) is -1.05.